The topological polar surface area (TPSA) is 133 Å². The third-order valence-corrected chi connectivity index (χ3v) is 11.1. The van der Waals surface area contributed by atoms with Gasteiger partial charge in [-0.3, -0.25) is 24.6 Å². The van der Waals surface area contributed by atoms with Crippen molar-refractivity contribution in [3.63, 3.8) is 0 Å². The molecule has 0 radical (unpaired) electrons. The average molecular weight is 694 g/mol. The molecule has 2 heterocycles. The summed E-state index contributed by atoms with van der Waals surface area (Å²) in [7, 11) is 1.08. The maximum atomic E-state index is 15.2. The summed E-state index contributed by atoms with van der Waals surface area (Å²) >= 11 is 6.33. The van der Waals surface area contributed by atoms with Gasteiger partial charge in [-0.05, 0) is 66.1 Å². The van der Waals surface area contributed by atoms with E-state index in [4.69, 9.17) is 16.3 Å². The lowest BCUT2D eigenvalue weighted by atomic mass is 9.49. The number of hydrogen-bond donors (Lipinski definition) is 2. The van der Waals surface area contributed by atoms with Gasteiger partial charge in [0.05, 0.1) is 36.0 Å². The lowest BCUT2D eigenvalue weighted by Gasteiger charge is -2.50. The van der Waals surface area contributed by atoms with E-state index < -0.39 is 70.5 Å². The van der Waals surface area contributed by atoms with Crippen molar-refractivity contribution >= 4 is 57.8 Å². The van der Waals surface area contributed by atoms with Gasteiger partial charge in [-0.25, -0.2) is 9.18 Å². The van der Waals surface area contributed by atoms with E-state index in [1.54, 1.807) is 42.5 Å². The molecule has 6 atom stereocenters. The third-order valence-electron chi connectivity index (χ3n) is 10.9. The van der Waals surface area contributed by atoms with Gasteiger partial charge in [0, 0.05) is 21.9 Å². The number of hydrazine groups is 1. The molecule has 2 aliphatic carbocycles. The Labute approximate surface area is 290 Å². The minimum absolute atomic E-state index is 0.0271. The summed E-state index contributed by atoms with van der Waals surface area (Å²) in [4.78, 5) is 70.5. The summed E-state index contributed by atoms with van der Waals surface area (Å²) in [5.74, 6) is -8.04. The van der Waals surface area contributed by atoms with E-state index in [0.717, 1.165) is 17.5 Å². The van der Waals surface area contributed by atoms with Crippen LogP contribution in [0.25, 0.3) is 10.8 Å². The zero-order chi connectivity index (χ0) is 35.1. The molecule has 8 rings (SSSR count). The SMILES string of the molecule is COC(=O)N1C(=O)[C@H]2[C@H](CC=C3[C@H]2C[C@H]2C(=O)N(Nc4ccc(F)cc4)C(=O)[C@@]2(c2ccc(Cl)cc2)[C@H]3c2ccc3ccccc3c2O)C1=O. The van der Waals surface area contributed by atoms with Gasteiger partial charge in [0.2, 0.25) is 11.8 Å². The van der Waals surface area contributed by atoms with Crippen LogP contribution in [-0.2, 0) is 29.3 Å². The van der Waals surface area contributed by atoms with Crippen LogP contribution in [0.15, 0.2) is 96.6 Å². The number of amides is 5. The Morgan fingerprint density at radius 1 is 0.920 bits per heavy atom. The molecule has 4 aromatic rings. The summed E-state index contributed by atoms with van der Waals surface area (Å²) in [6, 6.07) is 22.6. The lowest BCUT2D eigenvalue weighted by molar-refractivity contribution is -0.140. The summed E-state index contributed by atoms with van der Waals surface area (Å²) in [6.45, 7) is 0. The van der Waals surface area contributed by atoms with Gasteiger partial charge in [0.15, 0.2) is 0 Å². The van der Waals surface area contributed by atoms with E-state index in [9.17, 15) is 28.7 Å². The Morgan fingerprint density at radius 2 is 1.64 bits per heavy atom. The molecule has 252 valence electrons. The highest BCUT2D eigenvalue weighted by Crippen LogP contribution is 2.65. The largest absolute Gasteiger partial charge is 0.507 e. The fraction of sp³-hybridized carbons (Fsp3) is 0.237. The first-order chi connectivity index (χ1) is 24.1. The lowest BCUT2D eigenvalue weighted by Crippen LogP contribution is -2.53. The quantitative estimate of drug-likeness (QED) is 0.194. The van der Waals surface area contributed by atoms with Crippen molar-refractivity contribution in [2.45, 2.75) is 24.2 Å². The number of methoxy groups -OCH3 is 1. The number of phenols is 1. The Kier molecular flexibility index (Phi) is 7.30. The van der Waals surface area contributed by atoms with Crippen molar-refractivity contribution in [1.29, 1.82) is 0 Å². The van der Waals surface area contributed by atoms with Gasteiger partial charge in [0.1, 0.15) is 11.6 Å². The molecule has 1 saturated carbocycles. The molecular weight excluding hydrogens is 665 g/mol. The van der Waals surface area contributed by atoms with E-state index in [2.05, 4.69) is 5.43 Å². The highest BCUT2D eigenvalue weighted by atomic mass is 35.5. The van der Waals surface area contributed by atoms with E-state index >= 15 is 4.79 Å². The number of imide groups is 4. The first kappa shape index (κ1) is 31.7. The summed E-state index contributed by atoms with van der Waals surface area (Å²) in [5.41, 5.74) is 2.91. The molecule has 3 fully saturated rings. The number of allylic oxidation sites excluding steroid dienone is 2. The van der Waals surface area contributed by atoms with Crippen molar-refractivity contribution < 1.29 is 38.2 Å². The van der Waals surface area contributed by atoms with Crippen molar-refractivity contribution in [2.24, 2.45) is 23.7 Å². The fourth-order valence-corrected chi connectivity index (χ4v) is 8.90. The standard InChI is InChI=1S/C38H29ClFN3O7/c1-50-37(49)42-33(45)26-17-16-25-28(30(26)35(42)47)18-29-34(46)43(41-23-13-11-22(40)12-14-23)36(48)38(29,20-7-9-21(39)10-8-20)31(25)27-15-6-19-4-2-3-5-24(19)32(27)44/h2-16,26,28-31,41,44H,17-18H2,1H3/t26-,28+,29-,30-,31+,38+/m0/s1. The van der Waals surface area contributed by atoms with Gasteiger partial charge in [0.25, 0.3) is 11.8 Å². The number of hydrogen-bond acceptors (Lipinski definition) is 8. The van der Waals surface area contributed by atoms with E-state index in [0.29, 0.717) is 32.0 Å². The van der Waals surface area contributed by atoms with Crippen molar-refractivity contribution in [3.8, 4) is 5.75 Å². The third kappa shape index (κ3) is 4.35. The minimum Gasteiger partial charge on any atom is -0.507 e. The summed E-state index contributed by atoms with van der Waals surface area (Å²) in [5, 5.41) is 14.6. The number of anilines is 1. The van der Waals surface area contributed by atoms with Gasteiger partial charge in [-0.1, -0.05) is 71.8 Å². The molecule has 0 spiro atoms. The zero-order valence-electron chi connectivity index (χ0n) is 26.5. The Bertz CT molecular complexity index is 2170. The highest BCUT2D eigenvalue weighted by Gasteiger charge is 2.71. The number of nitrogens with zero attached hydrogens (tertiary/aromatic N) is 2. The van der Waals surface area contributed by atoms with Gasteiger partial charge in [-0.15, -0.1) is 0 Å². The number of phenolic OH excluding ortho intramolecular Hbond substituents is 1. The van der Waals surface area contributed by atoms with Crippen molar-refractivity contribution in [3.05, 3.63) is 119 Å². The number of carbonyl (C=O) groups is 5. The number of ether oxygens (including phenoxy) is 1. The average Bonchev–Trinajstić information content (AvgIpc) is 3.50. The second kappa shape index (κ2) is 11.5. The van der Waals surface area contributed by atoms with Gasteiger partial charge >= 0.3 is 6.09 Å². The van der Waals surface area contributed by atoms with E-state index in [-0.39, 0.29) is 24.3 Å². The summed E-state index contributed by atoms with van der Waals surface area (Å²) < 4.78 is 18.6. The number of carbonyl (C=O) groups excluding carboxylic acids is 5. The second-order valence-electron chi connectivity index (χ2n) is 13.1. The molecule has 2 N–H and O–H groups in total. The number of likely N-dealkylation sites (tertiary alicyclic amines) is 1. The van der Waals surface area contributed by atoms with Crippen molar-refractivity contribution in [2.75, 3.05) is 12.5 Å². The smallest absolute Gasteiger partial charge is 0.423 e. The molecule has 0 unspecified atom stereocenters. The number of fused-ring (bicyclic) bond motifs is 5. The number of nitrogens with one attached hydrogen (secondary N) is 1. The van der Waals surface area contributed by atoms with Crippen molar-refractivity contribution in [1.82, 2.24) is 9.91 Å². The highest BCUT2D eigenvalue weighted by molar-refractivity contribution is 6.30. The van der Waals surface area contributed by atoms with Crippen LogP contribution in [0, 0.1) is 29.5 Å². The number of rotatable bonds is 4. The summed E-state index contributed by atoms with van der Waals surface area (Å²) in [6.07, 6.45) is 0.785. The monoisotopic (exact) mass is 693 g/mol. The van der Waals surface area contributed by atoms with Crippen LogP contribution < -0.4 is 5.43 Å². The van der Waals surface area contributed by atoms with Crippen LogP contribution in [-0.4, -0.2) is 51.8 Å². The minimum atomic E-state index is -1.67. The molecule has 2 aliphatic heterocycles. The predicted octanol–water partition coefficient (Wildman–Crippen LogP) is 6.09. The molecular formula is C38H29ClFN3O7. The maximum Gasteiger partial charge on any atom is 0.423 e. The maximum absolute atomic E-state index is 15.2. The van der Waals surface area contributed by atoms with E-state index in [1.807, 2.05) is 24.3 Å². The number of benzene rings is 4. The zero-order valence-corrected chi connectivity index (χ0v) is 27.3. The van der Waals surface area contributed by atoms with Gasteiger partial charge in [-0.2, -0.15) is 9.91 Å². The molecule has 12 heteroatoms. The molecule has 5 amide bonds. The molecule has 4 aliphatic rings. The van der Waals surface area contributed by atoms with Crippen LogP contribution in [0.4, 0.5) is 14.9 Å². The van der Waals surface area contributed by atoms with Crippen LogP contribution in [0.1, 0.15) is 29.9 Å². The first-order valence-corrected chi connectivity index (χ1v) is 16.5. The molecule has 0 aromatic heterocycles. The van der Waals surface area contributed by atoms with Crippen LogP contribution in [0.3, 0.4) is 0 Å². The molecule has 4 aromatic carbocycles. The number of halogens is 2. The van der Waals surface area contributed by atoms with Crippen LogP contribution >= 0.6 is 11.6 Å². The predicted molar refractivity (Wildman–Crippen MR) is 179 cm³/mol. The molecule has 50 heavy (non-hydrogen) atoms. The molecule has 10 nitrogen and oxygen atoms in total. The Balaban J connectivity index is 1.38. The molecule has 2 saturated heterocycles. The number of aromatic hydroxyl groups is 1. The Morgan fingerprint density at radius 3 is 2.36 bits per heavy atom. The second-order valence-corrected chi connectivity index (χ2v) is 13.5. The van der Waals surface area contributed by atoms with Crippen LogP contribution in [0.5, 0.6) is 5.75 Å². The van der Waals surface area contributed by atoms with Gasteiger partial charge < -0.3 is 9.84 Å². The first-order valence-electron chi connectivity index (χ1n) is 16.1. The molecule has 0 bridgehead atoms. The fourth-order valence-electron chi connectivity index (χ4n) is 8.78. The normalized spacial score (nSPS) is 27.2. The van der Waals surface area contributed by atoms with Crippen LogP contribution in [0.2, 0.25) is 5.02 Å². The Hall–Kier alpha value is -5.55. The van der Waals surface area contributed by atoms with E-state index in [1.165, 1.54) is 24.3 Å².